The van der Waals surface area contributed by atoms with Crippen molar-refractivity contribution >= 4 is 23.2 Å². The number of carbonyl (C=O) groups is 1. The Morgan fingerprint density at radius 3 is 2.90 bits per heavy atom. The van der Waals surface area contributed by atoms with Crippen molar-refractivity contribution in [2.24, 2.45) is 0 Å². The lowest BCUT2D eigenvalue weighted by Crippen LogP contribution is -2.59. The van der Waals surface area contributed by atoms with E-state index in [2.05, 4.69) is 29.4 Å². The standard InChI is InChI=1S/C15H22ClN3O/c1-11-4-5-12(8-13(11)16)18-14(20)9-19-7-6-17-10-15(19,2)3/h4-5,8,17H,6-7,9-10H2,1-3H3,(H,18,20). The summed E-state index contributed by atoms with van der Waals surface area (Å²) in [5.74, 6) is -0.0000975. The number of hydrogen-bond donors (Lipinski definition) is 2. The van der Waals surface area contributed by atoms with Crippen molar-refractivity contribution in [2.75, 3.05) is 31.5 Å². The number of hydrogen-bond acceptors (Lipinski definition) is 3. The summed E-state index contributed by atoms with van der Waals surface area (Å²) >= 11 is 6.06. The lowest BCUT2D eigenvalue weighted by molar-refractivity contribution is -0.119. The van der Waals surface area contributed by atoms with Crippen molar-refractivity contribution in [2.45, 2.75) is 26.3 Å². The fraction of sp³-hybridized carbons (Fsp3) is 0.533. The van der Waals surface area contributed by atoms with Gasteiger partial charge >= 0.3 is 0 Å². The molecule has 0 radical (unpaired) electrons. The lowest BCUT2D eigenvalue weighted by Gasteiger charge is -2.42. The van der Waals surface area contributed by atoms with E-state index in [1.54, 1.807) is 6.07 Å². The molecule has 1 heterocycles. The van der Waals surface area contributed by atoms with E-state index in [0.717, 1.165) is 30.9 Å². The molecule has 1 aromatic rings. The molecule has 1 aliphatic heterocycles. The number of anilines is 1. The Morgan fingerprint density at radius 1 is 1.50 bits per heavy atom. The highest BCUT2D eigenvalue weighted by Crippen LogP contribution is 2.20. The second-order valence-corrected chi connectivity index (χ2v) is 6.33. The highest BCUT2D eigenvalue weighted by atomic mass is 35.5. The number of aryl methyl sites for hydroxylation is 1. The molecule has 0 aromatic heterocycles. The molecular formula is C15H22ClN3O. The second kappa shape index (κ2) is 6.12. The molecule has 110 valence electrons. The molecule has 0 spiro atoms. The molecular weight excluding hydrogens is 274 g/mol. The van der Waals surface area contributed by atoms with Crippen LogP contribution in [0.4, 0.5) is 5.69 Å². The number of rotatable bonds is 3. The molecule has 1 fully saturated rings. The van der Waals surface area contributed by atoms with Crippen LogP contribution < -0.4 is 10.6 Å². The van der Waals surface area contributed by atoms with Gasteiger partial charge in [-0.05, 0) is 38.5 Å². The largest absolute Gasteiger partial charge is 0.325 e. The third-order valence-electron chi connectivity index (χ3n) is 3.76. The van der Waals surface area contributed by atoms with Crippen LogP contribution in [0.25, 0.3) is 0 Å². The first-order valence-electron chi connectivity index (χ1n) is 6.90. The molecule has 0 saturated carbocycles. The van der Waals surface area contributed by atoms with Crippen molar-refractivity contribution in [3.05, 3.63) is 28.8 Å². The van der Waals surface area contributed by atoms with Gasteiger partial charge in [-0.3, -0.25) is 9.69 Å². The number of nitrogens with one attached hydrogen (secondary N) is 2. The Bertz CT molecular complexity index is 502. The average molecular weight is 296 g/mol. The molecule has 0 aliphatic carbocycles. The first-order chi connectivity index (χ1) is 9.38. The van der Waals surface area contributed by atoms with Gasteiger partial charge in [0.05, 0.1) is 6.54 Å². The van der Waals surface area contributed by atoms with Gasteiger partial charge in [0, 0.05) is 35.9 Å². The first kappa shape index (κ1) is 15.3. The van der Waals surface area contributed by atoms with Gasteiger partial charge < -0.3 is 10.6 Å². The Balaban J connectivity index is 1.96. The zero-order valence-electron chi connectivity index (χ0n) is 12.3. The molecule has 0 atom stereocenters. The highest BCUT2D eigenvalue weighted by Gasteiger charge is 2.30. The summed E-state index contributed by atoms with van der Waals surface area (Å²) in [6.45, 7) is 9.35. The summed E-state index contributed by atoms with van der Waals surface area (Å²) in [5.41, 5.74) is 1.76. The summed E-state index contributed by atoms with van der Waals surface area (Å²) in [4.78, 5) is 14.4. The number of piperazine rings is 1. The maximum Gasteiger partial charge on any atom is 0.238 e. The Labute approximate surface area is 125 Å². The van der Waals surface area contributed by atoms with E-state index in [0.29, 0.717) is 11.6 Å². The quantitative estimate of drug-likeness (QED) is 0.899. The van der Waals surface area contributed by atoms with E-state index >= 15 is 0 Å². The smallest absolute Gasteiger partial charge is 0.238 e. The molecule has 1 aromatic carbocycles. The average Bonchev–Trinajstić information content (AvgIpc) is 2.36. The summed E-state index contributed by atoms with van der Waals surface area (Å²) < 4.78 is 0. The van der Waals surface area contributed by atoms with E-state index in [1.807, 2.05) is 19.1 Å². The van der Waals surface area contributed by atoms with Gasteiger partial charge in [0.25, 0.3) is 0 Å². The maximum atomic E-state index is 12.1. The molecule has 1 aliphatic rings. The minimum atomic E-state index is -0.0000975. The number of nitrogens with zero attached hydrogens (tertiary/aromatic N) is 1. The summed E-state index contributed by atoms with van der Waals surface area (Å²) in [5, 5.41) is 6.93. The van der Waals surface area contributed by atoms with E-state index in [1.165, 1.54) is 0 Å². The van der Waals surface area contributed by atoms with Crippen molar-refractivity contribution in [3.63, 3.8) is 0 Å². The van der Waals surface area contributed by atoms with Crippen LogP contribution in [-0.4, -0.2) is 42.5 Å². The zero-order chi connectivity index (χ0) is 14.8. The van der Waals surface area contributed by atoms with Crippen LogP contribution in [0.5, 0.6) is 0 Å². The highest BCUT2D eigenvalue weighted by molar-refractivity contribution is 6.31. The number of carbonyl (C=O) groups excluding carboxylic acids is 1. The molecule has 20 heavy (non-hydrogen) atoms. The van der Waals surface area contributed by atoms with Crippen LogP contribution in [0.3, 0.4) is 0 Å². The maximum absolute atomic E-state index is 12.1. The van der Waals surface area contributed by atoms with Crippen LogP contribution in [-0.2, 0) is 4.79 Å². The minimum Gasteiger partial charge on any atom is -0.325 e. The number of benzene rings is 1. The summed E-state index contributed by atoms with van der Waals surface area (Å²) in [6, 6.07) is 5.58. The van der Waals surface area contributed by atoms with Crippen molar-refractivity contribution < 1.29 is 4.79 Å². The Hall–Kier alpha value is -1.10. The topological polar surface area (TPSA) is 44.4 Å². The molecule has 5 heteroatoms. The third kappa shape index (κ3) is 3.72. The van der Waals surface area contributed by atoms with E-state index in [-0.39, 0.29) is 11.4 Å². The molecule has 0 unspecified atom stereocenters. The fourth-order valence-corrected chi connectivity index (χ4v) is 2.54. The van der Waals surface area contributed by atoms with Crippen LogP contribution >= 0.6 is 11.6 Å². The SMILES string of the molecule is Cc1ccc(NC(=O)CN2CCNCC2(C)C)cc1Cl. The molecule has 1 amide bonds. The second-order valence-electron chi connectivity index (χ2n) is 5.92. The van der Waals surface area contributed by atoms with E-state index in [4.69, 9.17) is 11.6 Å². The fourth-order valence-electron chi connectivity index (χ4n) is 2.36. The van der Waals surface area contributed by atoms with Gasteiger partial charge in [-0.25, -0.2) is 0 Å². The number of amides is 1. The van der Waals surface area contributed by atoms with Gasteiger partial charge in [-0.2, -0.15) is 0 Å². The Morgan fingerprint density at radius 2 is 2.25 bits per heavy atom. The van der Waals surface area contributed by atoms with Crippen molar-refractivity contribution in [1.29, 1.82) is 0 Å². The van der Waals surface area contributed by atoms with Crippen LogP contribution in [0.1, 0.15) is 19.4 Å². The van der Waals surface area contributed by atoms with Crippen LogP contribution in [0.15, 0.2) is 18.2 Å². The molecule has 0 bridgehead atoms. The van der Waals surface area contributed by atoms with Gasteiger partial charge in [0.2, 0.25) is 5.91 Å². The molecule has 2 N–H and O–H groups in total. The van der Waals surface area contributed by atoms with E-state index in [9.17, 15) is 4.79 Å². The van der Waals surface area contributed by atoms with Gasteiger partial charge in [0.15, 0.2) is 0 Å². The predicted molar refractivity (Wildman–Crippen MR) is 83.3 cm³/mol. The summed E-state index contributed by atoms with van der Waals surface area (Å²) in [6.07, 6.45) is 0. The van der Waals surface area contributed by atoms with Gasteiger partial charge in [0.1, 0.15) is 0 Å². The molecule has 2 rings (SSSR count). The van der Waals surface area contributed by atoms with Crippen molar-refractivity contribution in [3.8, 4) is 0 Å². The third-order valence-corrected chi connectivity index (χ3v) is 4.17. The monoisotopic (exact) mass is 295 g/mol. The molecule has 4 nitrogen and oxygen atoms in total. The van der Waals surface area contributed by atoms with Crippen molar-refractivity contribution in [1.82, 2.24) is 10.2 Å². The van der Waals surface area contributed by atoms with Gasteiger partial charge in [-0.15, -0.1) is 0 Å². The first-order valence-corrected chi connectivity index (χ1v) is 7.28. The van der Waals surface area contributed by atoms with Crippen LogP contribution in [0.2, 0.25) is 5.02 Å². The summed E-state index contributed by atoms with van der Waals surface area (Å²) in [7, 11) is 0. The van der Waals surface area contributed by atoms with Crippen LogP contribution in [0, 0.1) is 6.92 Å². The van der Waals surface area contributed by atoms with E-state index < -0.39 is 0 Å². The lowest BCUT2D eigenvalue weighted by atomic mass is 10.0. The van der Waals surface area contributed by atoms with Gasteiger partial charge in [-0.1, -0.05) is 17.7 Å². The number of halogens is 1. The Kier molecular flexibility index (Phi) is 4.68. The normalized spacial score (nSPS) is 18.8. The zero-order valence-corrected chi connectivity index (χ0v) is 13.0. The minimum absolute atomic E-state index is 0.0000975. The molecule has 1 saturated heterocycles. The predicted octanol–water partition coefficient (Wildman–Crippen LogP) is 2.27.